The van der Waals surface area contributed by atoms with Crippen molar-refractivity contribution in [3.8, 4) is 0 Å². The molecule has 1 aliphatic heterocycles. The zero-order valence-electron chi connectivity index (χ0n) is 20.4. The molecule has 3 aromatic rings. The molecule has 1 saturated heterocycles. The molecule has 8 heteroatoms. The molecule has 8 nitrogen and oxygen atoms in total. The highest BCUT2D eigenvalue weighted by atomic mass is 16.5. The third-order valence-corrected chi connectivity index (χ3v) is 6.34. The van der Waals surface area contributed by atoms with Crippen LogP contribution >= 0.6 is 0 Å². The van der Waals surface area contributed by atoms with Crippen LogP contribution in [-0.4, -0.2) is 48.4 Å². The average molecular weight is 488 g/mol. The molecule has 1 fully saturated rings. The number of fused-ring (bicyclic) bond motifs is 1. The van der Waals surface area contributed by atoms with Gasteiger partial charge in [-0.05, 0) is 48.2 Å². The van der Waals surface area contributed by atoms with Gasteiger partial charge in [0.1, 0.15) is 18.7 Å². The molecule has 186 valence electrons. The van der Waals surface area contributed by atoms with Crippen molar-refractivity contribution in [2.24, 2.45) is 0 Å². The molecular formula is C28H29N3O5. The molecule has 0 aliphatic carbocycles. The minimum Gasteiger partial charge on any atom is -0.462 e. The summed E-state index contributed by atoms with van der Waals surface area (Å²) in [4.78, 5) is 50.8. The topological polar surface area (TPSA) is 105 Å². The lowest BCUT2D eigenvalue weighted by atomic mass is 9.90. The molecule has 36 heavy (non-hydrogen) atoms. The Morgan fingerprint density at radius 2 is 1.72 bits per heavy atom. The lowest BCUT2D eigenvalue weighted by Gasteiger charge is -2.22. The number of imide groups is 1. The number of nitrogens with one attached hydrogen (secondary N) is 2. The predicted octanol–water partition coefficient (Wildman–Crippen LogP) is 3.21. The van der Waals surface area contributed by atoms with Gasteiger partial charge in [-0.3, -0.25) is 19.3 Å². The number of urea groups is 1. The van der Waals surface area contributed by atoms with Gasteiger partial charge in [0, 0.05) is 6.42 Å². The summed E-state index contributed by atoms with van der Waals surface area (Å²) in [6, 6.07) is 20.6. The van der Waals surface area contributed by atoms with Gasteiger partial charge in [-0.25, -0.2) is 4.79 Å². The minimum atomic E-state index is -1.28. The summed E-state index contributed by atoms with van der Waals surface area (Å²) in [6.07, 6.45) is 0.945. The first-order chi connectivity index (χ1) is 17.3. The van der Waals surface area contributed by atoms with Gasteiger partial charge in [-0.15, -0.1) is 0 Å². The van der Waals surface area contributed by atoms with Crippen LogP contribution in [-0.2, 0) is 31.1 Å². The molecule has 1 unspecified atom stereocenters. The quantitative estimate of drug-likeness (QED) is 0.274. The number of esters is 1. The van der Waals surface area contributed by atoms with Crippen molar-refractivity contribution in [3.63, 3.8) is 0 Å². The standard InChI is InChI=1S/C28H29N3O5/c1-19-7-9-20(10-8-19)11-14-24(32)29-15-16-36-25(33)18-31-26(34)28(2,30-27(31)35)23-13-12-21-5-3-4-6-22(21)17-23/h3-10,12-13,17H,11,14-16,18H2,1-2H3,(H,29,32)(H,30,35). The molecule has 0 spiro atoms. The van der Waals surface area contributed by atoms with Crippen LogP contribution < -0.4 is 10.6 Å². The highest BCUT2D eigenvalue weighted by Crippen LogP contribution is 2.31. The Bertz CT molecular complexity index is 1300. The molecule has 4 amide bonds. The first kappa shape index (κ1) is 24.9. The zero-order chi connectivity index (χ0) is 25.7. The maximum Gasteiger partial charge on any atom is 0.326 e. The second-order valence-electron chi connectivity index (χ2n) is 9.06. The van der Waals surface area contributed by atoms with E-state index in [4.69, 9.17) is 4.74 Å². The van der Waals surface area contributed by atoms with Crippen molar-refractivity contribution >= 4 is 34.6 Å². The molecule has 0 saturated carbocycles. The molecule has 1 heterocycles. The summed E-state index contributed by atoms with van der Waals surface area (Å²) in [7, 11) is 0. The Labute approximate surface area is 209 Å². The van der Waals surface area contributed by atoms with E-state index in [0.717, 1.165) is 26.8 Å². The number of rotatable bonds is 9. The van der Waals surface area contributed by atoms with Gasteiger partial charge >= 0.3 is 12.0 Å². The summed E-state index contributed by atoms with van der Waals surface area (Å²) in [5, 5.41) is 7.37. The highest BCUT2D eigenvalue weighted by molar-refractivity contribution is 6.09. The second-order valence-corrected chi connectivity index (χ2v) is 9.06. The first-order valence-electron chi connectivity index (χ1n) is 11.9. The molecule has 1 aliphatic rings. The van der Waals surface area contributed by atoms with Crippen molar-refractivity contribution in [2.45, 2.75) is 32.2 Å². The fraction of sp³-hybridized carbons (Fsp3) is 0.286. The lowest BCUT2D eigenvalue weighted by molar-refractivity contribution is -0.147. The Hall–Kier alpha value is -4.20. The van der Waals surface area contributed by atoms with E-state index in [2.05, 4.69) is 10.6 Å². The van der Waals surface area contributed by atoms with E-state index >= 15 is 0 Å². The van der Waals surface area contributed by atoms with E-state index in [9.17, 15) is 19.2 Å². The number of hydrogen-bond acceptors (Lipinski definition) is 5. The van der Waals surface area contributed by atoms with E-state index in [1.54, 1.807) is 13.0 Å². The van der Waals surface area contributed by atoms with Gasteiger partial charge in [0.25, 0.3) is 5.91 Å². The Morgan fingerprint density at radius 1 is 1.00 bits per heavy atom. The Balaban J connectivity index is 1.24. The van der Waals surface area contributed by atoms with Crippen LogP contribution in [0.4, 0.5) is 4.79 Å². The van der Waals surface area contributed by atoms with Crippen LogP contribution in [0.3, 0.4) is 0 Å². The molecule has 3 aromatic carbocycles. The summed E-state index contributed by atoms with van der Waals surface area (Å²) in [6.45, 7) is 3.21. The van der Waals surface area contributed by atoms with E-state index in [0.29, 0.717) is 18.4 Å². The van der Waals surface area contributed by atoms with Crippen LogP contribution in [0.1, 0.15) is 30.0 Å². The predicted molar refractivity (Wildman–Crippen MR) is 135 cm³/mol. The number of aryl methyl sites for hydroxylation is 2. The lowest BCUT2D eigenvalue weighted by Crippen LogP contribution is -2.41. The van der Waals surface area contributed by atoms with Gasteiger partial charge in [0.2, 0.25) is 5.91 Å². The van der Waals surface area contributed by atoms with Crippen LogP contribution in [0.5, 0.6) is 0 Å². The zero-order valence-corrected chi connectivity index (χ0v) is 20.4. The van der Waals surface area contributed by atoms with Crippen molar-refractivity contribution < 1.29 is 23.9 Å². The molecule has 2 N–H and O–H groups in total. The van der Waals surface area contributed by atoms with E-state index in [1.807, 2.05) is 67.6 Å². The van der Waals surface area contributed by atoms with Gasteiger partial charge in [0.05, 0.1) is 6.54 Å². The largest absolute Gasteiger partial charge is 0.462 e. The van der Waals surface area contributed by atoms with Crippen molar-refractivity contribution in [3.05, 3.63) is 83.4 Å². The Morgan fingerprint density at radius 3 is 2.47 bits per heavy atom. The van der Waals surface area contributed by atoms with Crippen LogP contribution in [0.15, 0.2) is 66.7 Å². The number of benzene rings is 3. The van der Waals surface area contributed by atoms with Crippen molar-refractivity contribution in [2.75, 3.05) is 19.7 Å². The SMILES string of the molecule is Cc1ccc(CCC(=O)NCCOC(=O)CN2C(=O)NC(C)(c3ccc4ccccc4c3)C2=O)cc1. The summed E-state index contributed by atoms with van der Waals surface area (Å²) in [5.74, 6) is -1.40. The summed E-state index contributed by atoms with van der Waals surface area (Å²) < 4.78 is 5.13. The van der Waals surface area contributed by atoms with E-state index < -0.39 is 30.0 Å². The van der Waals surface area contributed by atoms with Crippen LogP contribution in [0, 0.1) is 6.92 Å². The maximum absolute atomic E-state index is 13.1. The smallest absolute Gasteiger partial charge is 0.326 e. The molecule has 0 aromatic heterocycles. The number of nitrogens with zero attached hydrogens (tertiary/aromatic N) is 1. The van der Waals surface area contributed by atoms with E-state index in [-0.39, 0.29) is 19.1 Å². The van der Waals surface area contributed by atoms with Crippen LogP contribution in [0.25, 0.3) is 10.8 Å². The fourth-order valence-electron chi connectivity index (χ4n) is 4.17. The molecule has 1 atom stereocenters. The van der Waals surface area contributed by atoms with Crippen LogP contribution in [0.2, 0.25) is 0 Å². The second kappa shape index (κ2) is 10.6. The number of carbonyl (C=O) groups excluding carboxylic acids is 4. The maximum atomic E-state index is 13.1. The highest BCUT2D eigenvalue weighted by Gasteiger charge is 2.49. The number of carbonyl (C=O) groups is 4. The monoisotopic (exact) mass is 487 g/mol. The average Bonchev–Trinajstić information content (AvgIpc) is 3.09. The molecular weight excluding hydrogens is 458 g/mol. The van der Waals surface area contributed by atoms with Gasteiger partial charge in [-0.2, -0.15) is 0 Å². The molecule has 4 rings (SSSR count). The minimum absolute atomic E-state index is 0.0549. The van der Waals surface area contributed by atoms with Gasteiger partial charge in [0.15, 0.2) is 0 Å². The summed E-state index contributed by atoms with van der Waals surface area (Å²) >= 11 is 0. The third kappa shape index (κ3) is 5.54. The molecule has 0 radical (unpaired) electrons. The third-order valence-electron chi connectivity index (χ3n) is 6.34. The van der Waals surface area contributed by atoms with Crippen molar-refractivity contribution in [1.82, 2.24) is 15.5 Å². The van der Waals surface area contributed by atoms with Crippen molar-refractivity contribution in [1.29, 1.82) is 0 Å². The summed E-state index contributed by atoms with van der Waals surface area (Å²) in [5.41, 5.74) is 1.58. The normalized spacial score (nSPS) is 17.2. The van der Waals surface area contributed by atoms with Gasteiger partial charge < -0.3 is 15.4 Å². The number of hydrogen-bond donors (Lipinski definition) is 2. The number of amides is 4. The fourth-order valence-corrected chi connectivity index (χ4v) is 4.17. The first-order valence-corrected chi connectivity index (χ1v) is 11.9. The Kier molecular flexibility index (Phi) is 7.33. The van der Waals surface area contributed by atoms with Gasteiger partial charge in [-0.1, -0.05) is 66.2 Å². The number of ether oxygens (including phenoxy) is 1. The van der Waals surface area contributed by atoms with E-state index in [1.165, 1.54) is 0 Å². The molecule has 0 bridgehead atoms.